The zero-order valence-electron chi connectivity index (χ0n) is 26.4. The number of barbiturate groups is 1. The molecule has 1 fully saturated rings. The van der Waals surface area contributed by atoms with E-state index in [0.29, 0.717) is 29.7 Å². The third-order valence-electron chi connectivity index (χ3n) is 6.84. The van der Waals surface area contributed by atoms with Gasteiger partial charge in [-0.2, -0.15) is 0 Å². The summed E-state index contributed by atoms with van der Waals surface area (Å²) in [5.74, 6) is 0.674. The fraction of sp³-hybridized carbons (Fsp3) is 0.455. The van der Waals surface area contributed by atoms with Crippen molar-refractivity contribution in [2.75, 3.05) is 26.0 Å². The first-order chi connectivity index (χ1) is 20.1. The summed E-state index contributed by atoms with van der Waals surface area (Å²) in [5, 5.41) is 25.2. The van der Waals surface area contributed by atoms with E-state index in [1.807, 2.05) is 26.0 Å². The fourth-order valence-electron chi connectivity index (χ4n) is 5.15. The Bertz CT molecular complexity index is 1210. The Morgan fingerprint density at radius 2 is 1.58 bits per heavy atom. The minimum Gasteiger partial charge on any atom is -0.508 e. The van der Waals surface area contributed by atoms with Crippen LogP contribution in [0.25, 0.3) is 0 Å². The number of carbonyl (C=O) groups excluding carboxylic acids is 4. The van der Waals surface area contributed by atoms with Crippen LogP contribution in [0, 0.1) is 17.3 Å². The van der Waals surface area contributed by atoms with Gasteiger partial charge in [0.1, 0.15) is 16.9 Å². The van der Waals surface area contributed by atoms with Crippen molar-refractivity contribution >= 4 is 29.4 Å². The van der Waals surface area contributed by atoms with Crippen LogP contribution in [0.1, 0.15) is 65.4 Å². The summed E-state index contributed by atoms with van der Waals surface area (Å²) in [5.41, 5.74) is 0.747. The lowest BCUT2D eigenvalue weighted by Crippen LogP contribution is -2.62. The van der Waals surface area contributed by atoms with Crippen molar-refractivity contribution < 1.29 is 29.4 Å². The number of phenolic OH excluding ortho intramolecular Hbond substituents is 2. The summed E-state index contributed by atoms with van der Waals surface area (Å²) in [6, 6.07) is 13.2. The minimum absolute atomic E-state index is 0.115. The number of carbonyl (C=O) groups is 4. The SMILES string of the molecule is C=CCC1(CC(C)C)C(=O)NC(=O)NC1=O.CC(=O)Nc1ccc(O)cc1.CC[C@@H](c1cccc(O)c1)[C@@H](C)CN(C)C. The van der Waals surface area contributed by atoms with Crippen molar-refractivity contribution in [2.45, 2.75) is 59.8 Å². The molecule has 43 heavy (non-hydrogen) atoms. The number of imide groups is 2. The Balaban J connectivity index is 0.000000329. The van der Waals surface area contributed by atoms with Crippen LogP contribution >= 0.6 is 0 Å². The van der Waals surface area contributed by atoms with E-state index in [4.69, 9.17) is 5.11 Å². The fourth-order valence-corrected chi connectivity index (χ4v) is 5.15. The summed E-state index contributed by atoms with van der Waals surface area (Å²) < 4.78 is 0. The molecule has 1 aliphatic rings. The highest BCUT2D eigenvalue weighted by molar-refractivity contribution is 6.19. The van der Waals surface area contributed by atoms with Crippen LogP contribution in [0.3, 0.4) is 0 Å². The Kier molecular flexibility index (Phi) is 15.2. The topological polar surface area (TPSA) is 148 Å². The number of hydrogen-bond acceptors (Lipinski definition) is 7. The standard InChI is InChI=1S/C14H23NO.C11H16N2O3.C8H9NO2/c1-5-14(11(2)10-15(3)4)12-7-6-8-13(16)9-12;1-4-5-11(6-7(2)3)8(14)12-10(16)13-9(11)15;1-6(10)9-7-2-4-8(11)5-3-7/h6-9,11,14,16H,5,10H2,1-4H3;4,7H,1,5-6H2,2-3H3,(H2,12,13,14,15,16);2-5,11H,1H3,(H,9,10)/t11-,14+;;/m0../s1. The molecule has 0 spiro atoms. The minimum atomic E-state index is -1.19. The normalized spacial score (nSPS) is 15.1. The highest BCUT2D eigenvalue weighted by atomic mass is 16.3. The molecular formula is C33H48N4O6. The largest absolute Gasteiger partial charge is 0.508 e. The van der Waals surface area contributed by atoms with E-state index in [-0.39, 0.29) is 24.0 Å². The van der Waals surface area contributed by atoms with E-state index in [1.54, 1.807) is 18.2 Å². The van der Waals surface area contributed by atoms with Crippen molar-refractivity contribution in [3.8, 4) is 11.5 Å². The van der Waals surface area contributed by atoms with Gasteiger partial charge in [0.05, 0.1) is 0 Å². The number of amides is 5. The van der Waals surface area contributed by atoms with Crippen molar-refractivity contribution in [1.82, 2.24) is 15.5 Å². The number of aromatic hydroxyl groups is 2. The number of urea groups is 1. The van der Waals surface area contributed by atoms with Crippen molar-refractivity contribution in [2.24, 2.45) is 17.3 Å². The lowest BCUT2D eigenvalue weighted by atomic mass is 9.74. The average molecular weight is 597 g/mol. The van der Waals surface area contributed by atoms with Gasteiger partial charge in [-0.25, -0.2) is 4.79 Å². The molecular weight excluding hydrogens is 548 g/mol. The van der Waals surface area contributed by atoms with E-state index < -0.39 is 23.3 Å². The number of phenols is 2. The quantitative estimate of drug-likeness (QED) is 0.140. The molecule has 3 rings (SSSR count). The lowest BCUT2D eigenvalue weighted by molar-refractivity contribution is -0.145. The molecule has 1 saturated heterocycles. The molecule has 2 aromatic rings. The van der Waals surface area contributed by atoms with E-state index in [2.05, 4.69) is 61.4 Å². The molecule has 5 amide bonds. The number of allylic oxidation sites excluding steroid dienone is 1. The van der Waals surface area contributed by atoms with E-state index in [1.165, 1.54) is 30.7 Å². The molecule has 0 aromatic heterocycles. The first-order valence-corrected chi connectivity index (χ1v) is 14.4. The van der Waals surface area contributed by atoms with Gasteiger partial charge in [-0.15, -0.1) is 6.58 Å². The third kappa shape index (κ3) is 12.3. The highest BCUT2D eigenvalue weighted by Crippen LogP contribution is 2.33. The first-order valence-electron chi connectivity index (χ1n) is 14.4. The van der Waals surface area contributed by atoms with Gasteiger partial charge in [-0.1, -0.05) is 45.9 Å². The van der Waals surface area contributed by atoms with Gasteiger partial charge in [0, 0.05) is 19.2 Å². The molecule has 0 bridgehead atoms. The molecule has 10 heteroatoms. The summed E-state index contributed by atoms with van der Waals surface area (Å²) in [7, 11) is 4.21. The van der Waals surface area contributed by atoms with Crippen molar-refractivity contribution in [3.05, 3.63) is 66.7 Å². The third-order valence-corrected chi connectivity index (χ3v) is 6.84. The number of hydrogen-bond donors (Lipinski definition) is 5. The maximum absolute atomic E-state index is 11.8. The van der Waals surface area contributed by atoms with E-state index >= 15 is 0 Å². The molecule has 2 aromatic carbocycles. The molecule has 1 aliphatic heterocycles. The van der Waals surface area contributed by atoms with E-state index in [9.17, 15) is 24.3 Å². The molecule has 5 N–H and O–H groups in total. The monoisotopic (exact) mass is 596 g/mol. The summed E-state index contributed by atoms with van der Waals surface area (Å²) in [4.78, 5) is 47.4. The van der Waals surface area contributed by atoms with Gasteiger partial charge in [-0.05, 0) is 93.1 Å². The van der Waals surface area contributed by atoms with E-state index in [0.717, 1.165) is 13.0 Å². The Hall–Kier alpha value is -4.18. The second-order valence-electron chi connectivity index (χ2n) is 11.5. The Labute approximate surface area is 255 Å². The molecule has 0 saturated carbocycles. The molecule has 2 atom stereocenters. The van der Waals surface area contributed by atoms with Gasteiger partial charge in [0.15, 0.2) is 0 Å². The molecule has 1 heterocycles. The van der Waals surface area contributed by atoms with Gasteiger partial charge in [-0.3, -0.25) is 25.0 Å². The maximum Gasteiger partial charge on any atom is 0.328 e. The maximum atomic E-state index is 11.8. The number of nitrogens with one attached hydrogen (secondary N) is 3. The summed E-state index contributed by atoms with van der Waals surface area (Å²) >= 11 is 0. The first kappa shape index (κ1) is 36.8. The zero-order chi connectivity index (χ0) is 32.7. The Morgan fingerprint density at radius 1 is 1.00 bits per heavy atom. The number of nitrogens with zero attached hydrogens (tertiary/aromatic N) is 1. The van der Waals surface area contributed by atoms with Crippen LogP contribution in [0.2, 0.25) is 0 Å². The second kappa shape index (κ2) is 17.7. The summed E-state index contributed by atoms with van der Waals surface area (Å²) in [6.07, 6.45) is 3.26. The highest BCUT2D eigenvalue weighted by Gasteiger charge is 2.49. The van der Waals surface area contributed by atoms with Crippen molar-refractivity contribution in [3.63, 3.8) is 0 Å². The van der Waals surface area contributed by atoms with Crippen LogP contribution in [0.4, 0.5) is 10.5 Å². The smallest absolute Gasteiger partial charge is 0.328 e. The predicted molar refractivity (Wildman–Crippen MR) is 170 cm³/mol. The molecule has 10 nitrogen and oxygen atoms in total. The van der Waals surface area contributed by atoms with Gasteiger partial charge in [0.25, 0.3) is 0 Å². The van der Waals surface area contributed by atoms with Crippen molar-refractivity contribution in [1.29, 1.82) is 0 Å². The number of rotatable bonds is 10. The predicted octanol–water partition coefficient (Wildman–Crippen LogP) is 5.40. The van der Waals surface area contributed by atoms with Gasteiger partial charge in [0.2, 0.25) is 17.7 Å². The van der Waals surface area contributed by atoms with Crippen LogP contribution in [0.5, 0.6) is 11.5 Å². The molecule has 0 radical (unpaired) electrons. The van der Waals surface area contributed by atoms with Gasteiger partial charge < -0.3 is 20.4 Å². The number of anilines is 1. The number of benzene rings is 2. The molecule has 236 valence electrons. The van der Waals surface area contributed by atoms with Crippen LogP contribution < -0.4 is 16.0 Å². The van der Waals surface area contributed by atoms with Crippen LogP contribution in [-0.4, -0.2) is 59.5 Å². The average Bonchev–Trinajstić information content (AvgIpc) is 2.89. The molecule has 0 aliphatic carbocycles. The van der Waals surface area contributed by atoms with Gasteiger partial charge >= 0.3 is 6.03 Å². The zero-order valence-corrected chi connectivity index (χ0v) is 26.4. The van der Waals surface area contributed by atoms with Crippen LogP contribution in [0.15, 0.2) is 61.2 Å². The van der Waals surface area contributed by atoms with Crippen LogP contribution in [-0.2, 0) is 14.4 Å². The lowest BCUT2D eigenvalue weighted by Gasteiger charge is -2.34. The Morgan fingerprint density at radius 3 is 2.02 bits per heavy atom. The second-order valence-corrected chi connectivity index (χ2v) is 11.5. The molecule has 0 unspecified atom stereocenters. The summed E-state index contributed by atoms with van der Waals surface area (Å²) in [6.45, 7) is 14.4.